The average Bonchev–Trinajstić information content (AvgIpc) is 3.05. The van der Waals surface area contributed by atoms with Crippen molar-refractivity contribution in [3.63, 3.8) is 0 Å². The van der Waals surface area contributed by atoms with Crippen molar-refractivity contribution in [2.75, 3.05) is 19.7 Å². The van der Waals surface area contributed by atoms with E-state index in [2.05, 4.69) is 5.16 Å². The first-order valence-electron chi connectivity index (χ1n) is 6.81. The van der Waals surface area contributed by atoms with Gasteiger partial charge in [-0.3, -0.25) is 4.79 Å². The van der Waals surface area contributed by atoms with Crippen LogP contribution in [0.2, 0.25) is 0 Å². The first-order valence-corrected chi connectivity index (χ1v) is 6.81. The number of carboxylic acid groups (broad SMARTS) is 1. The van der Waals surface area contributed by atoms with Gasteiger partial charge in [0.2, 0.25) is 5.76 Å². The van der Waals surface area contributed by atoms with Gasteiger partial charge < -0.3 is 19.3 Å². The number of hydrogen-bond acceptors (Lipinski definition) is 5. The van der Waals surface area contributed by atoms with Crippen molar-refractivity contribution in [2.24, 2.45) is 0 Å². The standard InChI is InChI=1S/C15H14N2O5/c18-14(17-6-7-21-13(9-17)15(19)20)12-8-11(16-22-12)10-4-2-1-3-5-10/h1-5,8,13H,6-7,9H2,(H,19,20)/t13-/m1/s1. The van der Waals surface area contributed by atoms with Crippen LogP contribution < -0.4 is 0 Å². The Labute approximate surface area is 126 Å². The van der Waals surface area contributed by atoms with Crippen LogP contribution in [0, 0.1) is 0 Å². The zero-order chi connectivity index (χ0) is 15.5. The Hall–Kier alpha value is -2.67. The molecule has 0 spiro atoms. The van der Waals surface area contributed by atoms with Gasteiger partial charge in [0.25, 0.3) is 5.91 Å². The largest absolute Gasteiger partial charge is 0.479 e. The lowest BCUT2D eigenvalue weighted by Gasteiger charge is -2.29. The highest BCUT2D eigenvalue weighted by molar-refractivity contribution is 5.93. The van der Waals surface area contributed by atoms with Gasteiger partial charge in [-0.05, 0) is 0 Å². The SMILES string of the molecule is O=C(O)[C@H]1CN(C(=O)c2cc(-c3ccccc3)no2)CCO1. The van der Waals surface area contributed by atoms with E-state index >= 15 is 0 Å². The summed E-state index contributed by atoms with van der Waals surface area (Å²) in [5, 5.41) is 12.8. The number of rotatable bonds is 3. The molecule has 1 fully saturated rings. The second kappa shape index (κ2) is 5.98. The van der Waals surface area contributed by atoms with Gasteiger partial charge >= 0.3 is 5.97 Å². The molecule has 0 aliphatic carbocycles. The van der Waals surface area contributed by atoms with E-state index in [1.54, 1.807) is 6.07 Å². The lowest BCUT2D eigenvalue weighted by molar-refractivity contribution is -0.154. The molecule has 2 aromatic rings. The molecule has 7 nitrogen and oxygen atoms in total. The van der Waals surface area contributed by atoms with Gasteiger partial charge in [0.1, 0.15) is 5.69 Å². The third-order valence-electron chi connectivity index (χ3n) is 3.42. The van der Waals surface area contributed by atoms with Crippen LogP contribution >= 0.6 is 0 Å². The molecular formula is C15H14N2O5. The maximum atomic E-state index is 12.4. The summed E-state index contributed by atoms with van der Waals surface area (Å²) in [6.45, 7) is 0.502. The number of benzene rings is 1. The summed E-state index contributed by atoms with van der Waals surface area (Å²) in [5.41, 5.74) is 1.41. The quantitative estimate of drug-likeness (QED) is 0.917. The Morgan fingerprint density at radius 2 is 2.05 bits per heavy atom. The molecule has 114 valence electrons. The zero-order valence-corrected chi connectivity index (χ0v) is 11.6. The summed E-state index contributed by atoms with van der Waals surface area (Å²) in [4.78, 5) is 24.7. The van der Waals surface area contributed by atoms with E-state index in [0.29, 0.717) is 12.2 Å². The third-order valence-corrected chi connectivity index (χ3v) is 3.42. The molecule has 1 N–H and O–H groups in total. The van der Waals surface area contributed by atoms with Crippen molar-refractivity contribution < 1.29 is 24.0 Å². The number of carboxylic acids is 1. The maximum Gasteiger partial charge on any atom is 0.334 e. The van der Waals surface area contributed by atoms with E-state index in [9.17, 15) is 9.59 Å². The van der Waals surface area contributed by atoms with E-state index in [1.807, 2.05) is 30.3 Å². The fraction of sp³-hybridized carbons (Fsp3) is 0.267. The predicted octanol–water partition coefficient (Wildman–Crippen LogP) is 1.27. The highest BCUT2D eigenvalue weighted by atomic mass is 16.5. The van der Waals surface area contributed by atoms with Crippen molar-refractivity contribution >= 4 is 11.9 Å². The molecule has 7 heteroatoms. The van der Waals surface area contributed by atoms with Gasteiger partial charge in [-0.15, -0.1) is 0 Å². The second-order valence-electron chi connectivity index (χ2n) is 4.89. The fourth-order valence-corrected chi connectivity index (χ4v) is 2.26. The van der Waals surface area contributed by atoms with Crippen molar-refractivity contribution in [2.45, 2.75) is 6.10 Å². The van der Waals surface area contributed by atoms with Crippen LogP contribution in [0.3, 0.4) is 0 Å². The summed E-state index contributed by atoms with van der Waals surface area (Å²) in [7, 11) is 0. The number of morpholine rings is 1. The molecular weight excluding hydrogens is 288 g/mol. The molecule has 1 amide bonds. The van der Waals surface area contributed by atoms with Crippen molar-refractivity contribution in [3.8, 4) is 11.3 Å². The number of carbonyl (C=O) groups excluding carboxylic acids is 1. The number of nitrogens with zero attached hydrogens (tertiary/aromatic N) is 2. The number of ether oxygens (including phenoxy) is 1. The van der Waals surface area contributed by atoms with E-state index in [-0.39, 0.29) is 24.8 Å². The normalized spacial score (nSPS) is 18.2. The Morgan fingerprint density at radius 3 is 2.77 bits per heavy atom. The number of amides is 1. The molecule has 2 heterocycles. The minimum atomic E-state index is -1.08. The molecule has 1 atom stereocenters. The lowest BCUT2D eigenvalue weighted by Crippen LogP contribution is -2.48. The number of hydrogen-bond donors (Lipinski definition) is 1. The topological polar surface area (TPSA) is 92.9 Å². The third kappa shape index (κ3) is 2.84. The first kappa shape index (κ1) is 14.3. The van der Waals surface area contributed by atoms with Gasteiger partial charge in [-0.2, -0.15) is 0 Å². The van der Waals surface area contributed by atoms with Gasteiger partial charge in [0.15, 0.2) is 6.10 Å². The number of aromatic nitrogens is 1. The molecule has 1 aromatic carbocycles. The van der Waals surface area contributed by atoms with Crippen LogP contribution in [0.4, 0.5) is 0 Å². The van der Waals surface area contributed by atoms with Gasteiger partial charge in [-0.25, -0.2) is 4.79 Å². The Kier molecular flexibility index (Phi) is 3.88. The number of aliphatic carboxylic acids is 1. The van der Waals surface area contributed by atoms with E-state index in [4.69, 9.17) is 14.4 Å². The highest BCUT2D eigenvalue weighted by Gasteiger charge is 2.31. The van der Waals surface area contributed by atoms with Gasteiger partial charge in [-0.1, -0.05) is 35.5 Å². The summed E-state index contributed by atoms with van der Waals surface area (Å²) in [6, 6.07) is 10.9. The Morgan fingerprint density at radius 1 is 1.27 bits per heavy atom. The summed E-state index contributed by atoms with van der Waals surface area (Å²) >= 11 is 0. The summed E-state index contributed by atoms with van der Waals surface area (Å²) in [5.74, 6) is -1.38. The van der Waals surface area contributed by atoms with Crippen LogP contribution in [0.5, 0.6) is 0 Å². The number of carbonyl (C=O) groups is 2. The Balaban J connectivity index is 1.76. The Bertz CT molecular complexity index is 682. The molecule has 3 rings (SSSR count). The van der Waals surface area contributed by atoms with Crippen LogP contribution in [-0.2, 0) is 9.53 Å². The van der Waals surface area contributed by atoms with Crippen LogP contribution in [-0.4, -0.2) is 52.8 Å². The zero-order valence-electron chi connectivity index (χ0n) is 11.6. The van der Waals surface area contributed by atoms with Gasteiger partial charge in [0, 0.05) is 18.2 Å². The molecule has 1 aliphatic heterocycles. The molecule has 0 saturated carbocycles. The van der Waals surface area contributed by atoms with Crippen molar-refractivity contribution in [3.05, 3.63) is 42.2 Å². The molecule has 22 heavy (non-hydrogen) atoms. The van der Waals surface area contributed by atoms with Crippen molar-refractivity contribution in [1.82, 2.24) is 10.1 Å². The minimum absolute atomic E-state index is 0.00443. The monoisotopic (exact) mass is 302 g/mol. The second-order valence-corrected chi connectivity index (χ2v) is 4.89. The average molecular weight is 302 g/mol. The van der Waals surface area contributed by atoms with Crippen LogP contribution in [0.15, 0.2) is 40.9 Å². The molecule has 0 bridgehead atoms. The highest BCUT2D eigenvalue weighted by Crippen LogP contribution is 2.20. The maximum absolute atomic E-state index is 12.4. The van der Waals surface area contributed by atoms with E-state index in [1.165, 1.54) is 4.90 Å². The molecule has 1 aromatic heterocycles. The van der Waals surface area contributed by atoms with E-state index < -0.39 is 12.1 Å². The van der Waals surface area contributed by atoms with Crippen LogP contribution in [0.1, 0.15) is 10.6 Å². The summed E-state index contributed by atoms with van der Waals surface area (Å²) in [6.07, 6.45) is -1.01. The molecule has 0 radical (unpaired) electrons. The summed E-state index contributed by atoms with van der Waals surface area (Å²) < 4.78 is 10.2. The lowest BCUT2D eigenvalue weighted by atomic mass is 10.1. The molecule has 0 unspecified atom stereocenters. The molecule has 1 saturated heterocycles. The first-order chi connectivity index (χ1) is 10.6. The van der Waals surface area contributed by atoms with Crippen molar-refractivity contribution in [1.29, 1.82) is 0 Å². The van der Waals surface area contributed by atoms with Gasteiger partial charge in [0.05, 0.1) is 13.2 Å². The minimum Gasteiger partial charge on any atom is -0.479 e. The predicted molar refractivity (Wildman–Crippen MR) is 75.2 cm³/mol. The fourth-order valence-electron chi connectivity index (χ4n) is 2.26. The smallest absolute Gasteiger partial charge is 0.334 e. The van der Waals surface area contributed by atoms with Crippen LogP contribution in [0.25, 0.3) is 11.3 Å². The molecule has 1 aliphatic rings. The van der Waals surface area contributed by atoms with E-state index in [0.717, 1.165) is 5.56 Å².